The molecule has 0 aromatic carbocycles. The highest BCUT2D eigenvalue weighted by Gasteiger charge is 2.70. The first kappa shape index (κ1) is 51.2. The molecule has 16 heterocycles. The monoisotopic (exact) mass is 1070 g/mol. The number of nitrogens with two attached hydrogens (primary N) is 1. The fourth-order valence-electron chi connectivity index (χ4n) is 17.8. The Morgan fingerprint density at radius 1 is 0.500 bits per heavy atom. The average molecular weight is 1070 g/mol. The van der Waals surface area contributed by atoms with Crippen LogP contribution in [0.4, 0.5) is 0 Å². The second-order valence-corrected chi connectivity index (χ2v) is 26.7. The molecule has 0 radical (unpaired) electrons. The topological polar surface area (TPSA) is 202 Å². The first-order valence-electron chi connectivity index (χ1n) is 29.8. The van der Waals surface area contributed by atoms with Crippen molar-refractivity contribution in [1.82, 2.24) is 0 Å². The number of esters is 1. The molecule has 76 heavy (non-hydrogen) atoms. The van der Waals surface area contributed by atoms with Crippen molar-refractivity contribution >= 4 is 5.97 Å². The minimum atomic E-state index is -0.897. The van der Waals surface area contributed by atoms with Gasteiger partial charge in [-0.3, -0.25) is 4.79 Å². The van der Waals surface area contributed by atoms with Gasteiger partial charge in [-0.1, -0.05) is 40.9 Å². The summed E-state index contributed by atoms with van der Waals surface area (Å²) in [7, 11) is 0. The molecule has 18 nitrogen and oxygen atoms in total. The van der Waals surface area contributed by atoms with Gasteiger partial charge in [0.25, 0.3) is 0 Å². The first-order chi connectivity index (χ1) is 36.6. The summed E-state index contributed by atoms with van der Waals surface area (Å²) in [6.45, 7) is 18.2. The Balaban J connectivity index is 0.669. The molecule has 0 amide bonds. The zero-order valence-corrected chi connectivity index (χ0v) is 44.9. The second-order valence-electron chi connectivity index (χ2n) is 26.7. The summed E-state index contributed by atoms with van der Waals surface area (Å²) >= 11 is 0. The van der Waals surface area contributed by atoms with Gasteiger partial charge >= 0.3 is 5.97 Å². The SMILES string of the molecule is C=C1C[C@@H]2CC[C@@]34C[C@@H]5O[C@@H]6[C@@H](O[C@H]7CC[C@H](CC(=O)O[C@@H]8[C@@H](C)[C@@H]9O[C@@H]%10C[C@]%11(C[C@@H]%12O[C@]%13(C[C@H](C)[C@@H]%14O[C@H](CN)[C@H](O)C[C@@H]%14O%13)C[C@H](C)[C@@H]%12O%11)O[C@@H]%10C[C@@H]9O[C@H]8C[C@H]8O[C@@H](CC[C@@H]1O2)C[C@@H](C)C8=C)O[C@@H]7[C@@H]6O3)[C@H]5O4. The highest BCUT2D eigenvalue weighted by atomic mass is 16.8. The normalized spacial score (nSPS) is 59.3. The Hall–Kier alpha value is -1.69. The molecule has 31 atom stereocenters. The fourth-order valence-corrected chi connectivity index (χ4v) is 17.8. The van der Waals surface area contributed by atoms with Crippen LogP contribution in [0.5, 0.6) is 0 Å². The predicted molar refractivity (Wildman–Crippen MR) is 265 cm³/mol. The van der Waals surface area contributed by atoms with Crippen LogP contribution in [0.1, 0.15) is 137 Å². The number of ether oxygens (including phenoxy) is 15. The number of hydrogen-bond acceptors (Lipinski definition) is 18. The van der Waals surface area contributed by atoms with Crippen molar-refractivity contribution in [2.45, 2.75) is 301 Å². The largest absolute Gasteiger partial charge is 0.459 e. The summed E-state index contributed by atoms with van der Waals surface area (Å²) in [5.41, 5.74) is 8.12. The molecule has 16 rings (SSSR count). The summed E-state index contributed by atoms with van der Waals surface area (Å²) in [6.07, 6.45) is 4.05. The maximum absolute atomic E-state index is 14.6. The fraction of sp³-hybridized carbons (Fsp3) is 0.914. The highest BCUT2D eigenvalue weighted by molar-refractivity contribution is 5.70. The lowest BCUT2D eigenvalue weighted by Crippen LogP contribution is -2.63. The molecular weight excluding hydrogens is 983 g/mol. The summed E-state index contributed by atoms with van der Waals surface area (Å²) in [5, 5.41) is 10.9. The molecule has 16 fully saturated rings. The molecule has 0 aromatic rings. The quantitative estimate of drug-likeness (QED) is 0.258. The maximum atomic E-state index is 14.6. The van der Waals surface area contributed by atoms with Crippen LogP contribution in [0.2, 0.25) is 0 Å². The summed E-state index contributed by atoms with van der Waals surface area (Å²) < 4.78 is 103. The molecule has 18 heteroatoms. The van der Waals surface area contributed by atoms with Gasteiger partial charge in [-0.25, -0.2) is 0 Å². The molecule has 16 aliphatic rings. The average Bonchev–Trinajstić information content (AvgIpc) is 4.36. The summed E-state index contributed by atoms with van der Waals surface area (Å²) in [4.78, 5) is 14.6. The number of carbonyl (C=O) groups is 1. The lowest BCUT2D eigenvalue weighted by Gasteiger charge is -2.54. The molecule has 16 aliphatic heterocycles. The number of fused-ring (bicyclic) bond motifs is 10. The minimum Gasteiger partial charge on any atom is -0.459 e. The molecular formula is C58H83NO17. The predicted octanol–water partition coefficient (Wildman–Crippen LogP) is 5.14. The minimum absolute atomic E-state index is 0.00857. The van der Waals surface area contributed by atoms with Gasteiger partial charge in [0.05, 0.1) is 116 Å². The lowest BCUT2D eigenvalue weighted by atomic mass is 9.78. The molecule has 3 spiro atoms. The van der Waals surface area contributed by atoms with E-state index >= 15 is 0 Å². The van der Waals surface area contributed by atoms with Gasteiger partial charge in [0.1, 0.15) is 36.6 Å². The van der Waals surface area contributed by atoms with Crippen LogP contribution in [0.3, 0.4) is 0 Å². The van der Waals surface area contributed by atoms with E-state index in [9.17, 15) is 9.90 Å². The van der Waals surface area contributed by atoms with E-state index in [-0.39, 0.29) is 152 Å². The van der Waals surface area contributed by atoms with Gasteiger partial charge in [-0.15, -0.1) is 0 Å². The Morgan fingerprint density at radius 2 is 1.17 bits per heavy atom. The third-order valence-electron chi connectivity index (χ3n) is 21.4. The molecule has 0 saturated carbocycles. The smallest absolute Gasteiger partial charge is 0.308 e. The summed E-state index contributed by atoms with van der Waals surface area (Å²) in [5.74, 6) is -2.57. The number of carbonyl (C=O) groups excluding carboxylic acids is 1. The van der Waals surface area contributed by atoms with E-state index in [0.717, 1.165) is 49.7 Å². The third-order valence-corrected chi connectivity index (χ3v) is 21.4. The van der Waals surface area contributed by atoms with E-state index in [0.29, 0.717) is 64.2 Å². The van der Waals surface area contributed by atoms with Gasteiger partial charge in [0, 0.05) is 70.3 Å². The molecule has 422 valence electrons. The summed E-state index contributed by atoms with van der Waals surface area (Å²) in [6, 6.07) is 0. The van der Waals surface area contributed by atoms with Crippen LogP contribution in [-0.2, 0) is 75.8 Å². The standard InChI is InChI=1S/C58H83NO17/c1-25-13-31-7-9-35-26(2)14-33(62-35)11-12-56-22-43-52(75-56)53-54(68-43)55(76-56)51-36(66-53)10-8-32(64-51)15-46(61)70-50-30(6)49-40(65-39(50)17-37(63-31)29(25)5)18-38-42(67-49)21-58(71-38)23-44-48(74-58)28(4)20-57(73-44)19-27(3)47-41(72-57)16-34(60)45(24-59)69-47/h25,27-28,30-45,47-55,60H,2,5,7-24,59H2,1,3-4,6H3/t25-,27+,28+,30+,31+,32-,33+,34-,35+,36+,37-,38-,39+,40+,41+,42-,43+,44+,45-,47+,48+,49+,50-,51+,52+,53+,54-,55+,56+,57-,58+/m1/s1. The zero-order chi connectivity index (χ0) is 51.7. The first-order valence-corrected chi connectivity index (χ1v) is 29.8. The number of hydrogen-bond donors (Lipinski definition) is 2. The van der Waals surface area contributed by atoms with E-state index in [1.807, 2.05) is 0 Å². The van der Waals surface area contributed by atoms with Crippen molar-refractivity contribution in [3.05, 3.63) is 24.3 Å². The van der Waals surface area contributed by atoms with Crippen LogP contribution in [0, 0.1) is 23.7 Å². The van der Waals surface area contributed by atoms with Crippen LogP contribution in [0.15, 0.2) is 24.3 Å². The highest BCUT2D eigenvalue weighted by Crippen LogP contribution is 2.57. The third kappa shape index (κ3) is 8.56. The van der Waals surface area contributed by atoms with Crippen molar-refractivity contribution in [3.8, 4) is 0 Å². The molecule has 3 N–H and O–H groups in total. The maximum Gasteiger partial charge on any atom is 0.308 e. The van der Waals surface area contributed by atoms with Crippen LogP contribution >= 0.6 is 0 Å². The molecule has 0 aliphatic carbocycles. The molecule has 16 saturated heterocycles. The van der Waals surface area contributed by atoms with Crippen LogP contribution in [-0.4, -0.2) is 181 Å². The van der Waals surface area contributed by atoms with Crippen molar-refractivity contribution in [2.75, 3.05) is 6.54 Å². The van der Waals surface area contributed by atoms with Crippen molar-refractivity contribution in [1.29, 1.82) is 0 Å². The Bertz CT molecular complexity index is 2270. The van der Waals surface area contributed by atoms with Gasteiger partial charge < -0.3 is 81.9 Å². The van der Waals surface area contributed by atoms with Crippen molar-refractivity contribution < 1.29 is 81.0 Å². The van der Waals surface area contributed by atoms with Gasteiger partial charge in [-0.2, -0.15) is 0 Å². The van der Waals surface area contributed by atoms with E-state index < -0.39 is 54.0 Å². The van der Waals surface area contributed by atoms with Gasteiger partial charge in [-0.05, 0) is 73.8 Å². The van der Waals surface area contributed by atoms with Crippen molar-refractivity contribution in [2.24, 2.45) is 29.4 Å². The number of aliphatic hydroxyl groups is 1. The van der Waals surface area contributed by atoms with E-state index in [1.165, 1.54) is 0 Å². The Morgan fingerprint density at radius 3 is 2.03 bits per heavy atom. The Labute approximate surface area is 446 Å². The van der Waals surface area contributed by atoms with Crippen LogP contribution < -0.4 is 5.73 Å². The second kappa shape index (κ2) is 18.9. The number of rotatable bonds is 1. The van der Waals surface area contributed by atoms with Crippen LogP contribution in [0.25, 0.3) is 0 Å². The molecule has 0 aromatic heterocycles. The van der Waals surface area contributed by atoms with Gasteiger partial charge in [0.15, 0.2) is 17.4 Å². The van der Waals surface area contributed by atoms with E-state index in [2.05, 4.69) is 40.9 Å². The Kier molecular flexibility index (Phi) is 12.8. The van der Waals surface area contributed by atoms with E-state index in [4.69, 9.17) is 76.8 Å². The zero-order valence-electron chi connectivity index (χ0n) is 44.9. The number of aliphatic hydroxyl groups excluding tert-OH is 1. The van der Waals surface area contributed by atoms with Gasteiger partial charge in [0.2, 0.25) is 0 Å². The lowest BCUT2D eigenvalue weighted by molar-refractivity contribution is -0.370. The van der Waals surface area contributed by atoms with E-state index in [1.54, 1.807) is 0 Å². The van der Waals surface area contributed by atoms with Crippen molar-refractivity contribution in [3.63, 3.8) is 0 Å². The molecule has 12 bridgehead atoms. The molecule has 0 unspecified atom stereocenters.